The first-order chi connectivity index (χ1) is 14.6. The first-order valence-electron chi connectivity index (χ1n) is 11.1. The number of ether oxygens (including phenoxy) is 1. The molecule has 2 amide bonds. The SMILES string of the molecule is CCCC1=NNC2C(=O)N(CC(=O)Nc3ccc(OCC)cc3)C3CCCCC3N12. The van der Waals surface area contributed by atoms with E-state index in [-0.39, 0.29) is 30.4 Å². The lowest BCUT2D eigenvalue weighted by Crippen LogP contribution is -2.69. The molecule has 2 aliphatic heterocycles. The zero-order chi connectivity index (χ0) is 21.1. The highest BCUT2D eigenvalue weighted by Crippen LogP contribution is 2.35. The van der Waals surface area contributed by atoms with Crippen LogP contribution in [0, 0.1) is 0 Å². The minimum absolute atomic E-state index is 0.0514. The number of anilines is 1. The monoisotopic (exact) mass is 413 g/mol. The van der Waals surface area contributed by atoms with Crippen LogP contribution in [0.25, 0.3) is 0 Å². The molecule has 3 aliphatic rings. The second-order valence-corrected chi connectivity index (χ2v) is 8.11. The van der Waals surface area contributed by atoms with Gasteiger partial charge < -0.3 is 19.9 Å². The van der Waals surface area contributed by atoms with Crippen LogP contribution < -0.4 is 15.5 Å². The van der Waals surface area contributed by atoms with Gasteiger partial charge in [0.2, 0.25) is 5.91 Å². The summed E-state index contributed by atoms with van der Waals surface area (Å²) in [6, 6.07) is 7.56. The molecular formula is C22H31N5O3. The fourth-order valence-electron chi connectivity index (χ4n) is 4.82. The maximum Gasteiger partial charge on any atom is 0.268 e. The topological polar surface area (TPSA) is 86.3 Å². The molecule has 1 aromatic carbocycles. The molecule has 3 unspecified atom stereocenters. The maximum atomic E-state index is 13.3. The summed E-state index contributed by atoms with van der Waals surface area (Å²) in [5, 5.41) is 7.36. The van der Waals surface area contributed by atoms with Crippen LogP contribution in [0.1, 0.15) is 52.4 Å². The van der Waals surface area contributed by atoms with Crippen molar-refractivity contribution >= 4 is 23.3 Å². The van der Waals surface area contributed by atoms with Crippen molar-refractivity contribution in [2.75, 3.05) is 18.5 Å². The average Bonchev–Trinajstić information content (AvgIpc) is 3.17. The third-order valence-corrected chi connectivity index (χ3v) is 6.10. The van der Waals surface area contributed by atoms with E-state index in [1.165, 1.54) is 0 Å². The first-order valence-corrected chi connectivity index (χ1v) is 11.1. The molecule has 2 N–H and O–H groups in total. The Hall–Kier alpha value is -2.77. The Bertz CT molecular complexity index is 809. The van der Waals surface area contributed by atoms with E-state index in [1.807, 2.05) is 31.2 Å². The number of carbonyl (C=O) groups excluding carboxylic acids is 2. The highest BCUT2D eigenvalue weighted by Gasteiger charge is 2.50. The van der Waals surface area contributed by atoms with Crippen LogP contribution in [0.5, 0.6) is 5.75 Å². The zero-order valence-electron chi connectivity index (χ0n) is 17.8. The Morgan fingerprint density at radius 3 is 2.63 bits per heavy atom. The van der Waals surface area contributed by atoms with Gasteiger partial charge in [0.05, 0.1) is 18.7 Å². The summed E-state index contributed by atoms with van der Waals surface area (Å²) in [5.74, 6) is 1.50. The largest absolute Gasteiger partial charge is 0.494 e. The highest BCUT2D eigenvalue weighted by atomic mass is 16.5. The van der Waals surface area contributed by atoms with Crippen molar-refractivity contribution < 1.29 is 14.3 Å². The van der Waals surface area contributed by atoms with E-state index < -0.39 is 6.17 Å². The Morgan fingerprint density at radius 2 is 1.93 bits per heavy atom. The predicted molar refractivity (Wildman–Crippen MR) is 115 cm³/mol. The lowest BCUT2D eigenvalue weighted by Gasteiger charge is -2.51. The molecule has 4 rings (SSSR count). The number of hydrogen-bond acceptors (Lipinski definition) is 6. The highest BCUT2D eigenvalue weighted by molar-refractivity contribution is 5.98. The molecule has 1 saturated carbocycles. The van der Waals surface area contributed by atoms with Crippen LogP contribution in [0.2, 0.25) is 0 Å². The minimum Gasteiger partial charge on any atom is -0.494 e. The molecule has 0 radical (unpaired) electrons. The number of fused-ring (bicyclic) bond motifs is 3. The van der Waals surface area contributed by atoms with Gasteiger partial charge in [-0.2, -0.15) is 5.10 Å². The van der Waals surface area contributed by atoms with Crippen molar-refractivity contribution in [3.05, 3.63) is 24.3 Å². The van der Waals surface area contributed by atoms with Crippen LogP contribution in [0.3, 0.4) is 0 Å². The Kier molecular flexibility index (Phi) is 6.11. The van der Waals surface area contributed by atoms with Gasteiger partial charge in [0.25, 0.3) is 5.91 Å². The number of rotatable bonds is 7. The molecule has 2 fully saturated rings. The van der Waals surface area contributed by atoms with E-state index in [4.69, 9.17) is 4.74 Å². The van der Waals surface area contributed by atoms with E-state index in [2.05, 4.69) is 27.7 Å². The molecule has 3 atom stereocenters. The third kappa shape index (κ3) is 3.95. The number of hydrazone groups is 1. The minimum atomic E-state index is -0.482. The lowest BCUT2D eigenvalue weighted by atomic mass is 9.85. The van der Waals surface area contributed by atoms with Gasteiger partial charge in [0.15, 0.2) is 6.17 Å². The molecule has 0 aromatic heterocycles. The Morgan fingerprint density at radius 1 is 1.20 bits per heavy atom. The number of amidine groups is 1. The van der Waals surface area contributed by atoms with Crippen molar-refractivity contribution in [1.82, 2.24) is 15.2 Å². The third-order valence-electron chi connectivity index (χ3n) is 6.10. The molecule has 1 aromatic rings. The molecule has 8 nitrogen and oxygen atoms in total. The maximum absolute atomic E-state index is 13.3. The number of benzene rings is 1. The van der Waals surface area contributed by atoms with Gasteiger partial charge in [-0.1, -0.05) is 19.8 Å². The fraction of sp³-hybridized carbons (Fsp3) is 0.591. The van der Waals surface area contributed by atoms with Crippen LogP contribution in [-0.2, 0) is 9.59 Å². The average molecular weight is 414 g/mol. The fourth-order valence-corrected chi connectivity index (χ4v) is 4.82. The standard InChI is InChI=1S/C22H31N5O3/c1-3-7-19-24-25-21-22(29)26(17-8-5-6-9-18(17)27(19)21)14-20(28)23-15-10-12-16(13-11-15)30-4-2/h10-13,17-18,21,25H,3-9,14H2,1-2H3,(H,23,28). The van der Waals surface area contributed by atoms with Gasteiger partial charge >= 0.3 is 0 Å². The number of nitrogens with zero attached hydrogens (tertiary/aromatic N) is 3. The van der Waals surface area contributed by atoms with Crippen molar-refractivity contribution in [1.29, 1.82) is 0 Å². The van der Waals surface area contributed by atoms with Crippen molar-refractivity contribution in [2.24, 2.45) is 5.10 Å². The Balaban J connectivity index is 1.46. The van der Waals surface area contributed by atoms with Crippen molar-refractivity contribution in [3.8, 4) is 5.75 Å². The number of piperazine rings is 1. The summed E-state index contributed by atoms with van der Waals surface area (Å²) in [6.45, 7) is 4.71. The van der Waals surface area contributed by atoms with Crippen LogP contribution in [0.15, 0.2) is 29.4 Å². The molecule has 8 heteroatoms. The molecule has 30 heavy (non-hydrogen) atoms. The number of carbonyl (C=O) groups is 2. The number of hydrogen-bond donors (Lipinski definition) is 2. The zero-order valence-corrected chi connectivity index (χ0v) is 17.8. The molecular weight excluding hydrogens is 382 g/mol. The van der Waals surface area contributed by atoms with Crippen LogP contribution in [-0.4, -0.2) is 58.9 Å². The summed E-state index contributed by atoms with van der Waals surface area (Å²) < 4.78 is 5.44. The molecule has 162 valence electrons. The molecule has 2 heterocycles. The lowest BCUT2D eigenvalue weighted by molar-refractivity contribution is -0.151. The molecule has 1 saturated heterocycles. The van der Waals surface area contributed by atoms with Crippen LogP contribution in [0.4, 0.5) is 5.69 Å². The summed E-state index contributed by atoms with van der Waals surface area (Å²) in [4.78, 5) is 30.0. The van der Waals surface area contributed by atoms with Crippen LogP contribution >= 0.6 is 0 Å². The summed E-state index contributed by atoms with van der Waals surface area (Å²) in [6.07, 6.45) is 5.54. The second-order valence-electron chi connectivity index (χ2n) is 8.11. The van der Waals surface area contributed by atoms with Gasteiger partial charge in [0, 0.05) is 12.1 Å². The van der Waals surface area contributed by atoms with E-state index >= 15 is 0 Å². The van der Waals surface area contributed by atoms with E-state index in [0.29, 0.717) is 12.3 Å². The van der Waals surface area contributed by atoms with Gasteiger partial charge in [-0.15, -0.1) is 0 Å². The first kappa shape index (κ1) is 20.5. The van der Waals surface area contributed by atoms with Crippen molar-refractivity contribution in [3.63, 3.8) is 0 Å². The molecule has 1 aliphatic carbocycles. The van der Waals surface area contributed by atoms with Gasteiger partial charge in [-0.05, 0) is 50.5 Å². The van der Waals surface area contributed by atoms with E-state index in [0.717, 1.165) is 50.1 Å². The number of nitrogens with one attached hydrogen (secondary N) is 2. The number of amides is 2. The molecule has 0 spiro atoms. The summed E-state index contributed by atoms with van der Waals surface area (Å²) in [5.41, 5.74) is 3.72. The van der Waals surface area contributed by atoms with E-state index in [9.17, 15) is 9.59 Å². The smallest absolute Gasteiger partial charge is 0.268 e. The van der Waals surface area contributed by atoms with Gasteiger partial charge in [-0.25, -0.2) is 0 Å². The van der Waals surface area contributed by atoms with Gasteiger partial charge in [-0.3, -0.25) is 15.0 Å². The predicted octanol–water partition coefficient (Wildman–Crippen LogP) is 2.52. The summed E-state index contributed by atoms with van der Waals surface area (Å²) >= 11 is 0. The van der Waals surface area contributed by atoms with E-state index in [1.54, 1.807) is 4.90 Å². The second kappa shape index (κ2) is 8.93. The van der Waals surface area contributed by atoms with Crippen molar-refractivity contribution in [2.45, 2.75) is 70.6 Å². The Labute approximate surface area is 177 Å². The quantitative estimate of drug-likeness (QED) is 0.717. The summed E-state index contributed by atoms with van der Waals surface area (Å²) in [7, 11) is 0. The molecule has 0 bridgehead atoms. The normalized spacial score (nSPS) is 25.2. The van der Waals surface area contributed by atoms with Gasteiger partial charge in [0.1, 0.15) is 18.1 Å².